The number of alkyl halides is 1. The molecule has 0 N–H and O–H groups in total. The summed E-state index contributed by atoms with van der Waals surface area (Å²) in [5, 5.41) is 1.84. The molecule has 0 atom stereocenters. The number of rotatable bonds is 16. The van der Waals surface area contributed by atoms with Gasteiger partial charge in [0, 0.05) is 23.2 Å². The van der Waals surface area contributed by atoms with Crippen molar-refractivity contribution in [1.29, 1.82) is 0 Å². The summed E-state index contributed by atoms with van der Waals surface area (Å²) >= 11 is 9.29. The first-order chi connectivity index (χ1) is 12.2. The van der Waals surface area contributed by atoms with Crippen LogP contribution in [0.1, 0.15) is 77.0 Å². The minimum atomic E-state index is 0.406. The lowest BCUT2D eigenvalue weighted by atomic mass is 10.0. The van der Waals surface area contributed by atoms with E-state index in [4.69, 9.17) is 16.3 Å². The number of ketones is 1. The molecule has 4 heteroatoms. The lowest BCUT2D eigenvalue weighted by Gasteiger charge is -2.06. The Labute approximate surface area is 166 Å². The first-order valence-corrected chi connectivity index (χ1v) is 11.2. The predicted molar refractivity (Wildman–Crippen MR) is 111 cm³/mol. The number of ether oxygens (including phenoxy) is 1. The van der Waals surface area contributed by atoms with Crippen LogP contribution in [-0.2, 0) is 4.79 Å². The molecule has 0 radical (unpaired) electrons. The van der Waals surface area contributed by atoms with Crippen LogP contribution in [0.15, 0.2) is 24.3 Å². The Balaban J connectivity index is 1.86. The average molecular weight is 432 g/mol. The summed E-state index contributed by atoms with van der Waals surface area (Å²) in [6, 6.07) is 7.39. The van der Waals surface area contributed by atoms with Crippen LogP contribution in [0.2, 0.25) is 5.02 Å². The van der Waals surface area contributed by atoms with Gasteiger partial charge in [-0.25, -0.2) is 0 Å². The molecule has 0 amide bonds. The third-order valence-corrected chi connectivity index (χ3v) is 5.08. The highest BCUT2D eigenvalue weighted by Crippen LogP contribution is 2.16. The van der Waals surface area contributed by atoms with Crippen molar-refractivity contribution in [3.8, 4) is 5.75 Å². The maximum Gasteiger partial charge on any atom is 0.132 e. The molecular formula is C21H32BrClO2. The highest BCUT2D eigenvalue weighted by Gasteiger charge is 2.02. The molecule has 0 aliphatic carbocycles. The molecule has 0 aromatic heterocycles. The van der Waals surface area contributed by atoms with E-state index in [1.54, 1.807) is 0 Å². The van der Waals surface area contributed by atoms with Gasteiger partial charge in [-0.1, -0.05) is 66.1 Å². The van der Waals surface area contributed by atoms with Gasteiger partial charge in [0.25, 0.3) is 0 Å². The van der Waals surface area contributed by atoms with Gasteiger partial charge in [-0.05, 0) is 49.9 Å². The van der Waals surface area contributed by atoms with Crippen molar-refractivity contribution < 1.29 is 9.53 Å². The average Bonchev–Trinajstić information content (AvgIpc) is 2.61. The first-order valence-electron chi connectivity index (χ1n) is 9.68. The van der Waals surface area contributed by atoms with Crippen molar-refractivity contribution in [1.82, 2.24) is 0 Å². The van der Waals surface area contributed by atoms with Gasteiger partial charge in [0.05, 0.1) is 6.61 Å². The van der Waals surface area contributed by atoms with Crippen LogP contribution in [-0.4, -0.2) is 17.7 Å². The second kappa shape index (κ2) is 15.7. The lowest BCUT2D eigenvalue weighted by Crippen LogP contribution is -2.01. The molecule has 1 rings (SSSR count). The lowest BCUT2D eigenvalue weighted by molar-refractivity contribution is -0.119. The first kappa shape index (κ1) is 22.5. The highest BCUT2D eigenvalue weighted by molar-refractivity contribution is 9.09. The molecule has 0 unspecified atom stereocenters. The van der Waals surface area contributed by atoms with Gasteiger partial charge in [0.2, 0.25) is 0 Å². The highest BCUT2D eigenvalue weighted by atomic mass is 79.9. The van der Waals surface area contributed by atoms with Crippen LogP contribution < -0.4 is 4.74 Å². The monoisotopic (exact) mass is 430 g/mol. The fraction of sp³-hybridized carbons (Fsp3) is 0.667. The molecule has 25 heavy (non-hydrogen) atoms. The van der Waals surface area contributed by atoms with E-state index in [1.807, 2.05) is 24.3 Å². The van der Waals surface area contributed by atoms with Crippen molar-refractivity contribution in [2.45, 2.75) is 77.0 Å². The molecular weight excluding hydrogens is 400 g/mol. The fourth-order valence-electron chi connectivity index (χ4n) is 2.75. The van der Waals surface area contributed by atoms with Gasteiger partial charge >= 0.3 is 0 Å². The van der Waals surface area contributed by atoms with E-state index < -0.39 is 0 Å². The van der Waals surface area contributed by atoms with Gasteiger partial charge in [-0.15, -0.1) is 0 Å². The molecule has 142 valence electrons. The van der Waals surface area contributed by atoms with Gasteiger partial charge in [-0.2, -0.15) is 0 Å². The maximum atomic E-state index is 11.9. The Morgan fingerprint density at radius 2 is 1.32 bits per heavy atom. The van der Waals surface area contributed by atoms with Crippen molar-refractivity contribution in [3.63, 3.8) is 0 Å². The molecule has 0 aliphatic rings. The van der Waals surface area contributed by atoms with Crippen LogP contribution >= 0.6 is 27.5 Å². The van der Waals surface area contributed by atoms with E-state index in [0.717, 1.165) is 36.8 Å². The van der Waals surface area contributed by atoms with E-state index >= 15 is 0 Å². The number of hydrogen-bond acceptors (Lipinski definition) is 2. The molecule has 0 fully saturated rings. The second-order valence-corrected chi connectivity index (χ2v) is 7.80. The van der Waals surface area contributed by atoms with E-state index in [2.05, 4.69) is 15.9 Å². The number of unbranched alkanes of at least 4 members (excludes halogenated alkanes) is 8. The summed E-state index contributed by atoms with van der Waals surface area (Å²) < 4.78 is 5.63. The van der Waals surface area contributed by atoms with Gasteiger partial charge in [0.1, 0.15) is 11.5 Å². The largest absolute Gasteiger partial charge is 0.494 e. The number of carbonyl (C=O) groups is 1. The molecule has 1 aromatic carbocycles. The molecule has 1 aromatic rings. The Morgan fingerprint density at radius 3 is 1.92 bits per heavy atom. The summed E-state index contributed by atoms with van der Waals surface area (Å²) in [5.74, 6) is 1.24. The van der Waals surface area contributed by atoms with Crippen LogP contribution in [0.25, 0.3) is 0 Å². The van der Waals surface area contributed by atoms with E-state index in [0.29, 0.717) is 23.8 Å². The Morgan fingerprint density at radius 1 is 0.800 bits per heavy atom. The smallest absolute Gasteiger partial charge is 0.132 e. The van der Waals surface area contributed by atoms with Gasteiger partial charge in [-0.3, -0.25) is 4.79 Å². The number of hydrogen-bond donors (Lipinski definition) is 0. The Bertz CT molecular complexity index is 448. The normalized spacial score (nSPS) is 10.8. The zero-order valence-electron chi connectivity index (χ0n) is 15.3. The quantitative estimate of drug-likeness (QED) is 0.202. The molecule has 2 nitrogen and oxygen atoms in total. The van der Waals surface area contributed by atoms with Crippen LogP contribution in [0.4, 0.5) is 0 Å². The zero-order chi connectivity index (χ0) is 18.2. The minimum absolute atomic E-state index is 0.406. The SMILES string of the molecule is O=C(CCCCCCCCCCBr)CCCCOc1ccc(Cl)cc1. The number of Topliss-reactive ketones (excluding diaryl/α,β-unsaturated/α-hetero) is 1. The molecule has 0 heterocycles. The number of halogens is 2. The van der Waals surface area contributed by atoms with Crippen molar-refractivity contribution >= 4 is 33.3 Å². The Hall–Kier alpha value is -0.540. The third-order valence-electron chi connectivity index (χ3n) is 4.27. The molecule has 0 aliphatic heterocycles. The van der Waals surface area contributed by atoms with E-state index in [9.17, 15) is 4.79 Å². The zero-order valence-corrected chi connectivity index (χ0v) is 17.6. The topological polar surface area (TPSA) is 26.3 Å². The molecule has 0 saturated carbocycles. The number of benzene rings is 1. The van der Waals surface area contributed by atoms with Crippen LogP contribution in [0, 0.1) is 0 Å². The van der Waals surface area contributed by atoms with Crippen LogP contribution in [0.5, 0.6) is 5.75 Å². The van der Waals surface area contributed by atoms with Gasteiger partial charge < -0.3 is 4.74 Å². The molecule has 0 spiro atoms. The van der Waals surface area contributed by atoms with Crippen molar-refractivity contribution in [2.24, 2.45) is 0 Å². The summed E-state index contributed by atoms with van der Waals surface area (Å²) in [6.07, 6.45) is 13.4. The standard InChI is InChI=1S/C21H32BrClO2/c22-17-9-6-4-2-1-3-5-7-11-20(24)12-8-10-18-25-21-15-13-19(23)14-16-21/h13-16H,1-12,17-18H2. The van der Waals surface area contributed by atoms with Gasteiger partial charge in [0.15, 0.2) is 0 Å². The molecule has 0 bridgehead atoms. The summed E-state index contributed by atoms with van der Waals surface area (Å²) in [5.41, 5.74) is 0. The van der Waals surface area contributed by atoms with Crippen molar-refractivity contribution in [3.05, 3.63) is 29.3 Å². The van der Waals surface area contributed by atoms with E-state index in [1.165, 1.54) is 44.9 Å². The third kappa shape index (κ3) is 13.3. The summed E-state index contributed by atoms with van der Waals surface area (Å²) in [4.78, 5) is 11.9. The molecule has 0 saturated heterocycles. The maximum absolute atomic E-state index is 11.9. The predicted octanol–water partition coefficient (Wildman–Crippen LogP) is 7.36. The summed E-state index contributed by atoms with van der Waals surface area (Å²) in [7, 11) is 0. The van der Waals surface area contributed by atoms with Crippen molar-refractivity contribution in [2.75, 3.05) is 11.9 Å². The van der Waals surface area contributed by atoms with E-state index in [-0.39, 0.29) is 0 Å². The number of carbonyl (C=O) groups excluding carboxylic acids is 1. The summed E-state index contributed by atoms with van der Waals surface area (Å²) in [6.45, 7) is 0.657. The second-order valence-electron chi connectivity index (χ2n) is 6.57. The van der Waals surface area contributed by atoms with Crippen LogP contribution in [0.3, 0.4) is 0 Å². The fourth-order valence-corrected chi connectivity index (χ4v) is 3.27. The Kier molecular flexibility index (Phi) is 14.1. The minimum Gasteiger partial charge on any atom is -0.494 e.